The molecule has 0 saturated carbocycles. The summed E-state index contributed by atoms with van der Waals surface area (Å²) in [6, 6.07) is 27.6. The average molecular weight is 1040 g/mol. The highest BCUT2D eigenvalue weighted by atomic mass is 28.4. The Morgan fingerprint density at radius 2 is 1.48 bits per heavy atom. The summed E-state index contributed by atoms with van der Waals surface area (Å²) in [5, 5.41) is 1.64. The summed E-state index contributed by atoms with van der Waals surface area (Å²) in [7, 11) is -3.79. The monoisotopic (exact) mass is 1040 g/mol. The number of esters is 2. The van der Waals surface area contributed by atoms with E-state index in [9.17, 15) is 4.79 Å². The molecule has 3 aromatic rings. The Balaban J connectivity index is 1.51. The van der Waals surface area contributed by atoms with Crippen molar-refractivity contribution in [2.45, 2.75) is 193 Å². The first-order chi connectivity index (χ1) is 34.5. The number of carbonyl (C=O) groups is 2. The Morgan fingerprint density at radius 1 is 0.836 bits per heavy atom. The summed E-state index contributed by atoms with van der Waals surface area (Å²) < 4.78 is 73.7. The molecule has 3 aliphatic rings. The number of allylic oxidation sites excluding steroid dienone is 1. The normalized spacial score (nSPS) is 27.2. The lowest BCUT2D eigenvalue weighted by molar-refractivity contribution is -0.360. The van der Waals surface area contributed by atoms with Gasteiger partial charge in [-0.25, -0.2) is 9.59 Å². The van der Waals surface area contributed by atoms with E-state index in [1.54, 1.807) is 33.1 Å². The Hall–Kier alpha value is -4.27. The molecule has 0 N–H and O–H groups in total. The zero-order chi connectivity index (χ0) is 53.3. The van der Waals surface area contributed by atoms with Crippen molar-refractivity contribution in [3.63, 3.8) is 0 Å². The molecule has 3 heterocycles. The van der Waals surface area contributed by atoms with Crippen molar-refractivity contribution in [3.8, 4) is 5.75 Å². The van der Waals surface area contributed by atoms with E-state index in [-0.39, 0.29) is 24.4 Å². The standard InChI is InChI=1S/C58H82O13Si2/c1-16-25-43(26-17-2)64-55-52(51-48(39(5)63-55)69-58(9,10)70-51)68-56-53(71-73(14,15)57(6,7)8)50(67-54(60)38(4)18-3)49(45(65-56)37-62-36-40-31-33-42(61-11)34-32-40)66-47(59)35-46(41-27-21-19-22-28-41)72(12,13)44-29-23-20-24-30-44/h16,18-24,27-35,39,43,45,48-53,55-56H,1,17,25-26,36-37H2,2-15H3/b38-18+,46-35-/t39-,43-,45-,48+,49-,50+,51+,52-,53-,55+,56+/m1/s1. The van der Waals surface area contributed by atoms with Crippen LogP contribution in [0.4, 0.5) is 0 Å². The van der Waals surface area contributed by atoms with Crippen molar-refractivity contribution in [3.05, 3.63) is 126 Å². The van der Waals surface area contributed by atoms with E-state index < -0.39 is 95.5 Å². The fourth-order valence-corrected chi connectivity index (χ4v) is 13.2. The van der Waals surface area contributed by atoms with Crippen LogP contribution in [0.2, 0.25) is 31.2 Å². The summed E-state index contributed by atoms with van der Waals surface area (Å²) in [4.78, 5) is 29.4. The van der Waals surface area contributed by atoms with E-state index in [0.717, 1.165) is 34.4 Å². The molecule has 0 radical (unpaired) electrons. The summed E-state index contributed by atoms with van der Waals surface area (Å²) in [6.45, 7) is 30.3. The molecule has 3 saturated heterocycles. The molecule has 15 heteroatoms. The molecule has 6 rings (SSSR count). The first kappa shape index (κ1) is 58.0. The van der Waals surface area contributed by atoms with Crippen molar-refractivity contribution in [1.82, 2.24) is 0 Å². The maximum Gasteiger partial charge on any atom is 0.333 e. The first-order valence-corrected chi connectivity index (χ1v) is 31.8. The van der Waals surface area contributed by atoms with Crippen molar-refractivity contribution < 1.29 is 61.4 Å². The van der Waals surface area contributed by atoms with Crippen molar-refractivity contribution in [2.75, 3.05) is 13.7 Å². The highest BCUT2D eigenvalue weighted by Gasteiger charge is 2.60. The molecule has 13 nitrogen and oxygen atoms in total. The van der Waals surface area contributed by atoms with Gasteiger partial charge in [-0.05, 0) is 94.0 Å². The van der Waals surface area contributed by atoms with Gasteiger partial charge in [-0.3, -0.25) is 0 Å². The first-order valence-electron chi connectivity index (χ1n) is 25.9. The van der Waals surface area contributed by atoms with Crippen LogP contribution in [0.3, 0.4) is 0 Å². The van der Waals surface area contributed by atoms with E-state index in [4.69, 9.17) is 51.8 Å². The van der Waals surface area contributed by atoms with Gasteiger partial charge in [0.2, 0.25) is 0 Å². The van der Waals surface area contributed by atoms with Crippen LogP contribution >= 0.6 is 0 Å². The van der Waals surface area contributed by atoms with E-state index in [1.807, 2.05) is 99.6 Å². The fraction of sp³-hybridized carbons (Fsp3) is 0.552. The minimum Gasteiger partial charge on any atom is -0.497 e. The number of rotatable bonds is 22. The molecule has 3 fully saturated rings. The predicted octanol–water partition coefficient (Wildman–Crippen LogP) is 10.8. The quantitative estimate of drug-likeness (QED) is 0.0409. The Bertz CT molecular complexity index is 2330. The number of carbonyl (C=O) groups excluding carboxylic acids is 2. The molecule has 400 valence electrons. The molecule has 73 heavy (non-hydrogen) atoms. The second kappa shape index (κ2) is 25.1. The van der Waals surface area contributed by atoms with E-state index in [2.05, 4.69) is 72.6 Å². The van der Waals surface area contributed by atoms with Crippen LogP contribution in [0, 0.1) is 0 Å². The van der Waals surface area contributed by atoms with Crippen molar-refractivity contribution in [1.29, 1.82) is 0 Å². The lowest BCUT2D eigenvalue weighted by atomic mass is 9.96. The minimum atomic E-state index is -2.84. The van der Waals surface area contributed by atoms with Gasteiger partial charge in [0.1, 0.15) is 44.3 Å². The molecule has 0 aromatic heterocycles. The van der Waals surface area contributed by atoms with E-state index in [0.29, 0.717) is 17.7 Å². The summed E-state index contributed by atoms with van der Waals surface area (Å²) in [5.74, 6) is -1.54. The third-order valence-corrected chi connectivity index (χ3v) is 22.6. The van der Waals surface area contributed by atoms with Crippen LogP contribution in [0.15, 0.2) is 115 Å². The Kier molecular flexibility index (Phi) is 19.9. The molecule has 0 unspecified atom stereocenters. The van der Waals surface area contributed by atoms with Crippen LogP contribution in [-0.2, 0) is 63.3 Å². The van der Waals surface area contributed by atoms with Gasteiger partial charge >= 0.3 is 11.9 Å². The lowest BCUT2D eigenvalue weighted by Gasteiger charge is -2.51. The molecule has 3 aliphatic heterocycles. The zero-order valence-electron chi connectivity index (χ0n) is 45.7. The van der Waals surface area contributed by atoms with Gasteiger partial charge in [-0.2, -0.15) is 0 Å². The van der Waals surface area contributed by atoms with Gasteiger partial charge in [0.05, 0.1) is 32.5 Å². The zero-order valence-corrected chi connectivity index (χ0v) is 47.7. The van der Waals surface area contributed by atoms with Crippen LogP contribution < -0.4 is 9.92 Å². The molecular formula is C58H82O13Si2. The Morgan fingerprint density at radius 3 is 2.08 bits per heavy atom. The van der Waals surface area contributed by atoms with Crippen LogP contribution in [0.5, 0.6) is 5.75 Å². The van der Waals surface area contributed by atoms with Crippen LogP contribution in [0.25, 0.3) is 5.20 Å². The minimum absolute atomic E-state index is 0.110. The number of benzene rings is 3. The summed E-state index contributed by atoms with van der Waals surface area (Å²) in [6.07, 6.45) is -2.57. The highest BCUT2D eigenvalue weighted by Crippen LogP contribution is 2.44. The van der Waals surface area contributed by atoms with Crippen LogP contribution in [-0.4, -0.2) is 115 Å². The van der Waals surface area contributed by atoms with Gasteiger partial charge in [0.25, 0.3) is 0 Å². The predicted molar refractivity (Wildman–Crippen MR) is 288 cm³/mol. The molecule has 0 bridgehead atoms. The van der Waals surface area contributed by atoms with Gasteiger partial charge in [-0.15, -0.1) is 6.58 Å². The SMILES string of the molecule is C=CC[C@H](CCC)O[C@@H]1O[C@H](C)[C@@H]2OC(C)(C)O[C@@H]2[C@H]1O[C@@H]1O[C@H](COCc2ccc(OC)cc2)[C@@H](OC(=O)/C=C(/c2ccccc2)[Si](C)(C)c2ccccc2)[C@H](OC(=O)/C(C)=C/C)[C@H]1O[Si](C)(C)C(C)(C)C. The average Bonchev–Trinajstić information content (AvgIpc) is 3.69. The number of hydrogen-bond donors (Lipinski definition) is 0. The van der Waals surface area contributed by atoms with Crippen molar-refractivity contribution in [2.24, 2.45) is 0 Å². The molecule has 0 spiro atoms. The summed E-state index contributed by atoms with van der Waals surface area (Å²) in [5.41, 5.74) is 2.12. The maximum atomic E-state index is 15.0. The second-order valence-electron chi connectivity index (χ2n) is 21.9. The lowest BCUT2D eigenvalue weighted by Crippen LogP contribution is -2.67. The largest absolute Gasteiger partial charge is 0.497 e. The third-order valence-electron chi connectivity index (χ3n) is 14.5. The summed E-state index contributed by atoms with van der Waals surface area (Å²) >= 11 is 0. The molecule has 0 amide bonds. The van der Waals surface area contributed by atoms with E-state index in [1.165, 1.54) is 0 Å². The number of methoxy groups -OCH3 is 1. The molecule has 0 aliphatic carbocycles. The van der Waals surface area contributed by atoms with Gasteiger partial charge in [0.15, 0.2) is 38.9 Å². The van der Waals surface area contributed by atoms with Crippen molar-refractivity contribution >= 4 is 38.7 Å². The fourth-order valence-electron chi connectivity index (χ4n) is 9.23. The molecule has 11 atom stereocenters. The van der Waals surface area contributed by atoms with Gasteiger partial charge in [-0.1, -0.05) is 137 Å². The van der Waals surface area contributed by atoms with Gasteiger partial charge in [0, 0.05) is 11.6 Å². The third kappa shape index (κ3) is 14.6. The highest BCUT2D eigenvalue weighted by molar-refractivity contribution is 7.04. The number of fused-ring (bicyclic) bond motifs is 1. The van der Waals surface area contributed by atoms with Gasteiger partial charge < -0.3 is 51.8 Å². The van der Waals surface area contributed by atoms with Crippen LogP contribution in [0.1, 0.15) is 92.7 Å². The molecular weight excluding hydrogens is 961 g/mol. The van der Waals surface area contributed by atoms with E-state index >= 15 is 4.79 Å². The smallest absolute Gasteiger partial charge is 0.333 e. The topological polar surface area (TPSA) is 136 Å². The Labute approximate surface area is 437 Å². The number of hydrogen-bond acceptors (Lipinski definition) is 13. The molecule has 3 aromatic carbocycles. The second-order valence-corrected chi connectivity index (χ2v) is 31.0. The number of ether oxygens (including phenoxy) is 10. The maximum absolute atomic E-state index is 15.0.